The van der Waals surface area contributed by atoms with Gasteiger partial charge in [-0.2, -0.15) is 13.2 Å². The number of hydrogen-bond acceptors (Lipinski definition) is 4. The topological polar surface area (TPSA) is 56.8 Å². The summed E-state index contributed by atoms with van der Waals surface area (Å²) < 4.78 is 38.7. The number of halogens is 3. The minimum atomic E-state index is -4.45. The summed E-state index contributed by atoms with van der Waals surface area (Å²) in [5.41, 5.74) is 2.64. The lowest BCUT2D eigenvalue weighted by atomic mass is 9.89. The van der Waals surface area contributed by atoms with Crippen LogP contribution in [0.3, 0.4) is 0 Å². The van der Waals surface area contributed by atoms with Crippen LogP contribution in [0.25, 0.3) is 0 Å². The Morgan fingerprint density at radius 2 is 1.57 bits per heavy atom. The molecule has 0 aliphatic carbocycles. The van der Waals surface area contributed by atoms with Gasteiger partial charge in [0.15, 0.2) is 0 Å². The molecule has 2 aromatic carbocycles. The third-order valence-electron chi connectivity index (χ3n) is 7.24. The molecule has 40 heavy (non-hydrogen) atoms. The molecule has 1 aliphatic heterocycles. The lowest BCUT2D eigenvalue weighted by molar-refractivity contribution is -0.137. The molecule has 0 radical (unpaired) electrons. The molecule has 4 rings (SSSR count). The summed E-state index contributed by atoms with van der Waals surface area (Å²) in [6, 6.07) is 17.9. The molecule has 1 saturated heterocycles. The fraction of sp³-hybridized carbons (Fsp3) is 0.387. The number of carbonyl (C=O) groups is 2. The number of pyridine rings is 1. The lowest BCUT2D eigenvalue weighted by Crippen LogP contribution is -2.39. The molecule has 0 saturated carbocycles. The SMILES string of the molecule is Cc1ccc(C(=O)N(CCN(C)C)Cc2ccccc2)c(C2CCN(C(=O)c3ccc(C(F)(F)F)cc3)CC2)n1. The molecule has 6 nitrogen and oxygen atoms in total. The number of likely N-dealkylation sites (tertiary alicyclic amines) is 1. The maximum atomic E-state index is 13.9. The average molecular weight is 553 g/mol. The highest BCUT2D eigenvalue weighted by molar-refractivity contribution is 5.96. The Balaban J connectivity index is 1.49. The molecule has 2 heterocycles. The number of hydrogen-bond donors (Lipinski definition) is 0. The highest BCUT2D eigenvalue weighted by Crippen LogP contribution is 2.32. The van der Waals surface area contributed by atoms with Crippen LogP contribution in [0.1, 0.15) is 62.0 Å². The van der Waals surface area contributed by atoms with Crippen molar-refractivity contribution in [3.63, 3.8) is 0 Å². The predicted octanol–water partition coefficient (Wildman–Crippen LogP) is 5.63. The first-order valence-corrected chi connectivity index (χ1v) is 13.4. The third kappa shape index (κ3) is 7.27. The van der Waals surface area contributed by atoms with Crippen LogP contribution in [0.15, 0.2) is 66.7 Å². The van der Waals surface area contributed by atoms with E-state index in [9.17, 15) is 22.8 Å². The van der Waals surface area contributed by atoms with Crippen molar-refractivity contribution in [3.05, 3.63) is 100 Å². The van der Waals surface area contributed by atoms with Crippen molar-refractivity contribution in [1.82, 2.24) is 19.7 Å². The van der Waals surface area contributed by atoms with E-state index in [-0.39, 0.29) is 23.3 Å². The Bertz CT molecular complexity index is 1300. The molecule has 0 atom stereocenters. The smallest absolute Gasteiger partial charge is 0.339 e. The van der Waals surface area contributed by atoms with Gasteiger partial charge in [-0.1, -0.05) is 30.3 Å². The second kappa shape index (κ2) is 12.6. The molecular weight excluding hydrogens is 517 g/mol. The molecular formula is C31H35F3N4O2. The van der Waals surface area contributed by atoms with Crippen molar-refractivity contribution < 1.29 is 22.8 Å². The molecule has 0 unspecified atom stereocenters. The summed E-state index contributed by atoms with van der Waals surface area (Å²) in [4.78, 5) is 37.3. The molecule has 0 spiro atoms. The number of likely N-dealkylation sites (N-methyl/N-ethyl adjacent to an activating group) is 1. The first-order valence-electron chi connectivity index (χ1n) is 13.4. The van der Waals surface area contributed by atoms with E-state index in [2.05, 4.69) is 0 Å². The Morgan fingerprint density at radius 3 is 2.17 bits per heavy atom. The Hall–Kier alpha value is -3.72. The number of nitrogens with zero attached hydrogens (tertiary/aromatic N) is 4. The zero-order valence-corrected chi connectivity index (χ0v) is 23.1. The molecule has 0 bridgehead atoms. The number of aromatic nitrogens is 1. The van der Waals surface area contributed by atoms with Gasteiger partial charge in [0.1, 0.15) is 0 Å². The summed E-state index contributed by atoms with van der Waals surface area (Å²) in [6.07, 6.45) is -3.22. The number of alkyl halides is 3. The summed E-state index contributed by atoms with van der Waals surface area (Å²) in [6.45, 7) is 4.53. The first-order chi connectivity index (χ1) is 19.0. The van der Waals surface area contributed by atoms with Crippen LogP contribution < -0.4 is 0 Å². The summed E-state index contributed by atoms with van der Waals surface area (Å²) in [5, 5.41) is 0. The van der Waals surface area contributed by atoms with Gasteiger partial charge in [-0.05, 0) is 75.8 Å². The molecule has 1 fully saturated rings. The van der Waals surface area contributed by atoms with Gasteiger partial charge in [0.2, 0.25) is 0 Å². The summed E-state index contributed by atoms with van der Waals surface area (Å²) in [7, 11) is 3.95. The fourth-order valence-corrected chi connectivity index (χ4v) is 4.96. The highest BCUT2D eigenvalue weighted by atomic mass is 19.4. The molecule has 3 aromatic rings. The summed E-state index contributed by atoms with van der Waals surface area (Å²) in [5.74, 6) is -0.377. The molecule has 9 heteroatoms. The monoisotopic (exact) mass is 552 g/mol. The van der Waals surface area contributed by atoms with Crippen LogP contribution in [0, 0.1) is 6.92 Å². The van der Waals surface area contributed by atoms with E-state index >= 15 is 0 Å². The molecule has 1 aliphatic rings. The first kappa shape index (κ1) is 29.3. The Morgan fingerprint density at radius 1 is 0.925 bits per heavy atom. The van der Waals surface area contributed by atoms with E-state index in [0.29, 0.717) is 44.6 Å². The van der Waals surface area contributed by atoms with E-state index in [1.54, 1.807) is 4.90 Å². The highest BCUT2D eigenvalue weighted by Gasteiger charge is 2.32. The number of carbonyl (C=O) groups excluding carboxylic acids is 2. The van der Waals surface area contributed by atoms with E-state index in [0.717, 1.165) is 35.6 Å². The van der Waals surface area contributed by atoms with E-state index < -0.39 is 11.7 Å². The maximum absolute atomic E-state index is 13.9. The van der Waals surface area contributed by atoms with Crippen molar-refractivity contribution >= 4 is 11.8 Å². The van der Waals surface area contributed by atoms with Crippen molar-refractivity contribution in [3.8, 4) is 0 Å². The molecule has 2 amide bonds. The maximum Gasteiger partial charge on any atom is 0.416 e. The van der Waals surface area contributed by atoms with Gasteiger partial charge in [-0.15, -0.1) is 0 Å². The van der Waals surface area contributed by atoms with E-state index in [1.807, 2.05) is 73.3 Å². The zero-order chi connectivity index (χ0) is 28.9. The number of piperidine rings is 1. The second-order valence-corrected chi connectivity index (χ2v) is 10.5. The van der Waals surface area contributed by atoms with Crippen LogP contribution in [0.2, 0.25) is 0 Å². The van der Waals surface area contributed by atoms with E-state index in [1.165, 1.54) is 12.1 Å². The van der Waals surface area contributed by atoms with E-state index in [4.69, 9.17) is 4.98 Å². The van der Waals surface area contributed by atoms with Crippen LogP contribution in [0.4, 0.5) is 13.2 Å². The minimum absolute atomic E-state index is 0.0112. The van der Waals surface area contributed by atoms with Crippen molar-refractivity contribution in [2.75, 3.05) is 40.3 Å². The number of benzene rings is 2. The van der Waals surface area contributed by atoms with Crippen molar-refractivity contribution in [2.45, 2.75) is 38.4 Å². The third-order valence-corrected chi connectivity index (χ3v) is 7.24. The molecule has 212 valence electrons. The van der Waals surface area contributed by atoms with Gasteiger partial charge < -0.3 is 14.7 Å². The van der Waals surface area contributed by atoms with Crippen molar-refractivity contribution in [2.24, 2.45) is 0 Å². The second-order valence-electron chi connectivity index (χ2n) is 10.5. The Kier molecular flexibility index (Phi) is 9.25. The molecule has 1 aromatic heterocycles. The lowest BCUT2D eigenvalue weighted by Gasteiger charge is -2.33. The van der Waals surface area contributed by atoms with Crippen molar-refractivity contribution in [1.29, 1.82) is 0 Å². The van der Waals surface area contributed by atoms with Gasteiger partial charge in [0, 0.05) is 49.9 Å². The van der Waals surface area contributed by atoms with Gasteiger partial charge >= 0.3 is 6.18 Å². The largest absolute Gasteiger partial charge is 0.416 e. The van der Waals surface area contributed by atoms with Crippen LogP contribution >= 0.6 is 0 Å². The normalized spacial score (nSPS) is 14.4. The quantitative estimate of drug-likeness (QED) is 0.363. The minimum Gasteiger partial charge on any atom is -0.339 e. The number of aryl methyl sites for hydroxylation is 1. The number of rotatable bonds is 8. The number of amides is 2. The average Bonchev–Trinajstić information content (AvgIpc) is 2.94. The predicted molar refractivity (Wildman–Crippen MR) is 148 cm³/mol. The van der Waals surface area contributed by atoms with Crippen LogP contribution in [-0.4, -0.2) is 71.8 Å². The van der Waals surface area contributed by atoms with Gasteiger partial charge in [-0.25, -0.2) is 0 Å². The van der Waals surface area contributed by atoms with Crippen LogP contribution in [-0.2, 0) is 12.7 Å². The van der Waals surface area contributed by atoms with Gasteiger partial charge in [0.05, 0.1) is 16.8 Å². The van der Waals surface area contributed by atoms with Gasteiger partial charge in [-0.3, -0.25) is 14.6 Å². The van der Waals surface area contributed by atoms with Crippen LogP contribution in [0.5, 0.6) is 0 Å². The molecule has 0 N–H and O–H groups in total. The standard InChI is InChI=1S/C31H35F3N4O2/c1-22-9-14-27(30(40)38(20-19-36(2)3)21-23-7-5-4-6-8-23)28(35-22)24-15-17-37(18-16-24)29(39)25-10-12-26(13-11-25)31(32,33)34/h4-14,24H,15-21H2,1-3H3. The Labute approximate surface area is 233 Å². The zero-order valence-electron chi connectivity index (χ0n) is 23.1. The van der Waals surface area contributed by atoms with Gasteiger partial charge in [0.25, 0.3) is 11.8 Å². The fourth-order valence-electron chi connectivity index (χ4n) is 4.96. The summed E-state index contributed by atoms with van der Waals surface area (Å²) >= 11 is 0.